The molecule has 0 aromatic heterocycles. The molecule has 1 saturated heterocycles. The van der Waals surface area contributed by atoms with Crippen molar-refractivity contribution in [1.82, 2.24) is 4.90 Å². The van der Waals surface area contributed by atoms with Gasteiger partial charge in [0.2, 0.25) is 0 Å². The maximum Gasteiger partial charge on any atom is 0.321 e. The first-order chi connectivity index (χ1) is 8.08. The van der Waals surface area contributed by atoms with E-state index in [1.165, 1.54) is 0 Å². The first-order valence-corrected chi connectivity index (χ1v) is 5.38. The summed E-state index contributed by atoms with van der Waals surface area (Å²) in [5, 5.41) is 2.39. The van der Waals surface area contributed by atoms with Crippen LogP contribution in [0.2, 0.25) is 0 Å². The monoisotopic (exact) mass is 241 g/mol. The van der Waals surface area contributed by atoms with E-state index >= 15 is 0 Å². The number of urea groups is 1. The summed E-state index contributed by atoms with van der Waals surface area (Å²) in [4.78, 5) is 13.3. The summed E-state index contributed by atoms with van der Waals surface area (Å²) < 4.78 is 26.3. The molecule has 4 nitrogen and oxygen atoms in total. The van der Waals surface area contributed by atoms with E-state index in [2.05, 4.69) is 5.32 Å². The summed E-state index contributed by atoms with van der Waals surface area (Å²) in [6.07, 6.45) is 1.89. The predicted octanol–water partition coefficient (Wildman–Crippen LogP) is 2.17. The van der Waals surface area contributed by atoms with E-state index in [1.807, 2.05) is 0 Å². The van der Waals surface area contributed by atoms with Crippen molar-refractivity contribution in [2.75, 3.05) is 24.1 Å². The van der Waals surface area contributed by atoms with E-state index in [-0.39, 0.29) is 17.4 Å². The molecule has 1 aliphatic rings. The van der Waals surface area contributed by atoms with E-state index in [0.717, 1.165) is 18.9 Å². The van der Waals surface area contributed by atoms with Crippen LogP contribution in [-0.4, -0.2) is 24.0 Å². The fraction of sp³-hybridized carbons (Fsp3) is 0.364. The number of benzene rings is 1. The van der Waals surface area contributed by atoms with Gasteiger partial charge in [-0.1, -0.05) is 0 Å². The Hall–Kier alpha value is -1.85. The van der Waals surface area contributed by atoms with E-state index in [1.54, 1.807) is 4.90 Å². The number of anilines is 2. The maximum absolute atomic E-state index is 13.3. The SMILES string of the molecule is Nc1cc(NC(=O)N2CCCC2)c(F)cc1F. The molecular weight excluding hydrogens is 228 g/mol. The number of halogens is 2. The van der Waals surface area contributed by atoms with E-state index in [0.29, 0.717) is 19.2 Å². The third kappa shape index (κ3) is 2.46. The second-order valence-electron chi connectivity index (χ2n) is 3.98. The quantitative estimate of drug-likeness (QED) is 0.740. The number of hydrogen-bond acceptors (Lipinski definition) is 2. The smallest absolute Gasteiger partial charge is 0.321 e. The molecule has 1 heterocycles. The van der Waals surface area contributed by atoms with Gasteiger partial charge in [-0.2, -0.15) is 0 Å². The molecule has 2 rings (SSSR count). The van der Waals surface area contributed by atoms with Gasteiger partial charge in [-0.05, 0) is 18.9 Å². The molecule has 6 heteroatoms. The molecule has 92 valence electrons. The highest BCUT2D eigenvalue weighted by Crippen LogP contribution is 2.21. The number of likely N-dealkylation sites (tertiary alicyclic amines) is 1. The van der Waals surface area contributed by atoms with Gasteiger partial charge in [0.15, 0.2) is 0 Å². The first kappa shape index (κ1) is 11.6. The maximum atomic E-state index is 13.3. The zero-order valence-electron chi connectivity index (χ0n) is 9.17. The van der Waals surface area contributed by atoms with E-state index < -0.39 is 11.6 Å². The number of amides is 2. The standard InChI is InChI=1S/C11H13F2N3O/c12-7-5-8(13)10(6-9(7)14)15-11(17)16-3-1-2-4-16/h5-6H,1-4,14H2,(H,15,17). The van der Waals surface area contributed by atoms with Crippen LogP contribution in [0.25, 0.3) is 0 Å². The van der Waals surface area contributed by atoms with Crippen LogP contribution in [0.1, 0.15) is 12.8 Å². The highest BCUT2D eigenvalue weighted by atomic mass is 19.1. The second-order valence-corrected chi connectivity index (χ2v) is 3.98. The second kappa shape index (κ2) is 4.57. The number of nitrogens with zero attached hydrogens (tertiary/aromatic N) is 1. The number of carbonyl (C=O) groups is 1. The fourth-order valence-electron chi connectivity index (χ4n) is 1.78. The summed E-state index contributed by atoms with van der Waals surface area (Å²) >= 11 is 0. The van der Waals surface area contributed by atoms with Gasteiger partial charge in [0.05, 0.1) is 11.4 Å². The van der Waals surface area contributed by atoms with Crippen LogP contribution >= 0.6 is 0 Å². The molecule has 17 heavy (non-hydrogen) atoms. The van der Waals surface area contributed by atoms with Gasteiger partial charge in [-0.15, -0.1) is 0 Å². The molecule has 1 aromatic rings. The number of nitrogens with two attached hydrogens (primary N) is 1. The van der Waals surface area contributed by atoms with Crippen molar-refractivity contribution in [3.05, 3.63) is 23.8 Å². The molecule has 1 aromatic carbocycles. The fourth-order valence-corrected chi connectivity index (χ4v) is 1.78. The Balaban J connectivity index is 2.12. The molecule has 1 aliphatic heterocycles. The van der Waals surface area contributed by atoms with Gasteiger partial charge in [-0.25, -0.2) is 13.6 Å². The minimum absolute atomic E-state index is 0.0965. The van der Waals surface area contributed by atoms with Crippen molar-refractivity contribution in [1.29, 1.82) is 0 Å². The molecule has 0 bridgehead atoms. The molecular formula is C11H13F2N3O. The zero-order valence-corrected chi connectivity index (χ0v) is 9.17. The Morgan fingerprint density at radius 1 is 1.24 bits per heavy atom. The predicted molar refractivity (Wildman–Crippen MR) is 60.6 cm³/mol. The van der Waals surface area contributed by atoms with Crippen molar-refractivity contribution >= 4 is 17.4 Å². The number of hydrogen-bond donors (Lipinski definition) is 2. The molecule has 1 fully saturated rings. The lowest BCUT2D eigenvalue weighted by atomic mass is 10.2. The largest absolute Gasteiger partial charge is 0.396 e. The molecule has 0 atom stereocenters. The van der Waals surface area contributed by atoms with Crippen molar-refractivity contribution in [3.8, 4) is 0 Å². The summed E-state index contributed by atoms with van der Waals surface area (Å²) in [6.45, 7) is 1.31. The van der Waals surface area contributed by atoms with Gasteiger partial charge < -0.3 is 16.0 Å². The lowest BCUT2D eigenvalue weighted by Gasteiger charge is -2.16. The average Bonchev–Trinajstić information content (AvgIpc) is 2.79. The Morgan fingerprint density at radius 3 is 2.53 bits per heavy atom. The van der Waals surface area contributed by atoms with Crippen LogP contribution in [0.3, 0.4) is 0 Å². The molecule has 0 saturated carbocycles. The van der Waals surface area contributed by atoms with Crippen LogP contribution < -0.4 is 11.1 Å². The summed E-state index contributed by atoms with van der Waals surface area (Å²) in [5.41, 5.74) is 5.02. The van der Waals surface area contributed by atoms with Gasteiger partial charge in [0.25, 0.3) is 0 Å². The highest BCUT2D eigenvalue weighted by molar-refractivity contribution is 5.90. The van der Waals surface area contributed by atoms with Crippen LogP contribution in [0.15, 0.2) is 12.1 Å². The number of rotatable bonds is 1. The third-order valence-corrected chi connectivity index (χ3v) is 2.72. The molecule has 0 radical (unpaired) electrons. The number of nitrogens with one attached hydrogen (secondary N) is 1. The average molecular weight is 241 g/mol. The molecule has 2 amide bonds. The molecule has 0 aliphatic carbocycles. The zero-order chi connectivity index (χ0) is 12.4. The molecule has 3 N–H and O–H groups in total. The Bertz CT molecular complexity index is 445. The molecule has 0 unspecified atom stereocenters. The highest BCUT2D eigenvalue weighted by Gasteiger charge is 2.19. The Kier molecular flexibility index (Phi) is 3.12. The van der Waals surface area contributed by atoms with Crippen molar-refractivity contribution in [2.24, 2.45) is 0 Å². The normalized spacial score (nSPS) is 15.1. The minimum atomic E-state index is -0.832. The van der Waals surface area contributed by atoms with E-state index in [9.17, 15) is 13.6 Å². The van der Waals surface area contributed by atoms with Crippen LogP contribution in [0.5, 0.6) is 0 Å². The Labute approximate surface area is 97.4 Å². The van der Waals surface area contributed by atoms with Crippen LogP contribution in [-0.2, 0) is 0 Å². The lowest BCUT2D eigenvalue weighted by Crippen LogP contribution is -2.32. The first-order valence-electron chi connectivity index (χ1n) is 5.38. The summed E-state index contributed by atoms with van der Waals surface area (Å²) in [6, 6.07) is 1.36. The van der Waals surface area contributed by atoms with Crippen LogP contribution in [0, 0.1) is 11.6 Å². The van der Waals surface area contributed by atoms with Gasteiger partial charge in [0, 0.05) is 19.2 Å². The van der Waals surface area contributed by atoms with Crippen molar-refractivity contribution in [2.45, 2.75) is 12.8 Å². The summed E-state index contributed by atoms with van der Waals surface area (Å²) in [7, 11) is 0. The third-order valence-electron chi connectivity index (χ3n) is 2.72. The van der Waals surface area contributed by atoms with Crippen molar-refractivity contribution in [3.63, 3.8) is 0 Å². The summed E-state index contributed by atoms with van der Waals surface area (Å²) in [5.74, 6) is -1.66. The number of carbonyl (C=O) groups excluding carboxylic acids is 1. The van der Waals surface area contributed by atoms with Gasteiger partial charge in [-0.3, -0.25) is 0 Å². The lowest BCUT2D eigenvalue weighted by molar-refractivity contribution is 0.222. The van der Waals surface area contributed by atoms with Crippen molar-refractivity contribution < 1.29 is 13.6 Å². The van der Waals surface area contributed by atoms with Crippen LogP contribution in [0.4, 0.5) is 25.0 Å². The van der Waals surface area contributed by atoms with Gasteiger partial charge in [0.1, 0.15) is 11.6 Å². The van der Waals surface area contributed by atoms with E-state index in [4.69, 9.17) is 5.73 Å². The Morgan fingerprint density at radius 2 is 1.88 bits per heavy atom. The molecule has 0 spiro atoms. The van der Waals surface area contributed by atoms with Gasteiger partial charge >= 0.3 is 6.03 Å². The topological polar surface area (TPSA) is 58.4 Å². The minimum Gasteiger partial charge on any atom is -0.396 e. The number of nitrogen functional groups attached to an aromatic ring is 1.